The molecule has 0 N–H and O–H groups in total. The second-order valence-corrected chi connectivity index (χ2v) is 7.12. The van der Waals surface area contributed by atoms with E-state index in [4.69, 9.17) is 23.2 Å². The molecule has 2 unspecified atom stereocenters. The Bertz CT molecular complexity index is 550. The number of likely N-dealkylation sites (tertiary alicyclic amines) is 1. The molecule has 1 aliphatic heterocycles. The lowest BCUT2D eigenvalue weighted by molar-refractivity contribution is -0.129. The molecule has 1 fully saturated rings. The molecule has 0 aliphatic carbocycles. The highest BCUT2D eigenvalue weighted by molar-refractivity contribution is 8.14. The van der Waals surface area contributed by atoms with Gasteiger partial charge in [0.1, 0.15) is 0 Å². The van der Waals surface area contributed by atoms with Crippen LogP contribution >= 0.6 is 35.0 Å². The topological polar surface area (TPSA) is 37.4 Å². The van der Waals surface area contributed by atoms with Crippen molar-refractivity contribution in [3.63, 3.8) is 0 Å². The molecule has 0 radical (unpaired) electrons. The molecule has 108 valence electrons. The number of amides is 1. The third-order valence-corrected chi connectivity index (χ3v) is 5.07. The van der Waals surface area contributed by atoms with Gasteiger partial charge in [0.25, 0.3) is 0 Å². The predicted molar refractivity (Wildman–Crippen MR) is 83.3 cm³/mol. The first kappa shape index (κ1) is 15.7. The van der Waals surface area contributed by atoms with Crippen molar-refractivity contribution in [2.75, 3.05) is 6.54 Å². The van der Waals surface area contributed by atoms with E-state index in [1.54, 1.807) is 17.0 Å². The van der Waals surface area contributed by atoms with Gasteiger partial charge in [-0.25, -0.2) is 0 Å². The summed E-state index contributed by atoms with van der Waals surface area (Å²) in [5, 5.41) is 1.08. The number of carbonyl (C=O) groups excluding carboxylic acids is 2. The van der Waals surface area contributed by atoms with Gasteiger partial charge in [0, 0.05) is 25.1 Å². The average Bonchev–Trinajstić information content (AvgIpc) is 2.72. The van der Waals surface area contributed by atoms with Crippen LogP contribution in [0.4, 0.5) is 0 Å². The highest BCUT2D eigenvalue weighted by Crippen LogP contribution is 2.33. The Hall–Kier alpha value is -0.710. The second kappa shape index (κ2) is 6.37. The summed E-state index contributed by atoms with van der Waals surface area (Å²) in [6, 6.07) is 5.32. The molecule has 6 heteroatoms. The molecular formula is C14H15Cl2NO2S. The number of carbonyl (C=O) groups is 2. The summed E-state index contributed by atoms with van der Waals surface area (Å²) in [6.07, 6.45) is 0.413. The summed E-state index contributed by atoms with van der Waals surface area (Å²) >= 11 is 13.2. The van der Waals surface area contributed by atoms with E-state index in [1.807, 2.05) is 13.0 Å². The van der Waals surface area contributed by atoms with E-state index in [2.05, 4.69) is 0 Å². The quantitative estimate of drug-likeness (QED) is 0.841. The molecule has 0 saturated carbocycles. The van der Waals surface area contributed by atoms with Crippen LogP contribution in [0.25, 0.3) is 0 Å². The Kier molecular flexibility index (Phi) is 4.99. The molecule has 2 rings (SSSR count). The number of rotatable bonds is 3. The first-order valence-electron chi connectivity index (χ1n) is 6.30. The van der Waals surface area contributed by atoms with E-state index in [0.717, 1.165) is 5.56 Å². The minimum Gasteiger partial charge on any atom is -0.335 e. The number of hydrogen-bond donors (Lipinski definition) is 0. The van der Waals surface area contributed by atoms with E-state index < -0.39 is 0 Å². The molecule has 2 atom stereocenters. The largest absolute Gasteiger partial charge is 0.335 e. The molecule has 20 heavy (non-hydrogen) atoms. The predicted octanol–water partition coefficient (Wildman–Crippen LogP) is 3.94. The summed E-state index contributed by atoms with van der Waals surface area (Å²) in [4.78, 5) is 25.0. The fourth-order valence-corrected chi connectivity index (χ4v) is 3.57. The summed E-state index contributed by atoms with van der Waals surface area (Å²) in [5.74, 6) is 0.0716. The molecule has 1 amide bonds. The van der Waals surface area contributed by atoms with E-state index in [1.165, 1.54) is 18.7 Å². The SMILES string of the molecule is CC(=O)SC1CC(=O)N(C(C)c2ccc(Cl)c(Cl)c2)C1. The van der Waals surface area contributed by atoms with Gasteiger partial charge in [-0.3, -0.25) is 9.59 Å². The first-order valence-corrected chi connectivity index (χ1v) is 7.93. The minimum atomic E-state index is -0.0742. The van der Waals surface area contributed by atoms with Crippen molar-refractivity contribution in [2.45, 2.75) is 31.6 Å². The van der Waals surface area contributed by atoms with Crippen LogP contribution in [0.2, 0.25) is 10.0 Å². The zero-order chi connectivity index (χ0) is 14.9. The van der Waals surface area contributed by atoms with Gasteiger partial charge in [-0.2, -0.15) is 0 Å². The lowest BCUT2D eigenvalue weighted by atomic mass is 10.1. The highest BCUT2D eigenvalue weighted by atomic mass is 35.5. The average molecular weight is 332 g/mol. The van der Waals surface area contributed by atoms with E-state index >= 15 is 0 Å². The molecule has 1 aromatic carbocycles. The van der Waals surface area contributed by atoms with Gasteiger partial charge in [0.15, 0.2) is 5.12 Å². The van der Waals surface area contributed by atoms with Crippen LogP contribution in [0.1, 0.15) is 31.9 Å². The van der Waals surface area contributed by atoms with Gasteiger partial charge in [-0.1, -0.05) is 41.0 Å². The maximum Gasteiger partial charge on any atom is 0.224 e. The van der Waals surface area contributed by atoms with Crippen LogP contribution in [0.5, 0.6) is 0 Å². The summed E-state index contributed by atoms with van der Waals surface area (Å²) in [7, 11) is 0. The van der Waals surface area contributed by atoms with Crippen LogP contribution in [-0.2, 0) is 9.59 Å². The van der Waals surface area contributed by atoms with E-state index in [9.17, 15) is 9.59 Å². The van der Waals surface area contributed by atoms with Crippen molar-refractivity contribution in [1.82, 2.24) is 4.90 Å². The molecule has 1 saturated heterocycles. The van der Waals surface area contributed by atoms with E-state index in [-0.39, 0.29) is 22.3 Å². The van der Waals surface area contributed by atoms with Crippen molar-refractivity contribution in [3.8, 4) is 0 Å². The lowest BCUT2D eigenvalue weighted by Gasteiger charge is -2.25. The number of benzene rings is 1. The lowest BCUT2D eigenvalue weighted by Crippen LogP contribution is -2.28. The van der Waals surface area contributed by atoms with Crippen LogP contribution in [0.15, 0.2) is 18.2 Å². The number of halogens is 2. The number of thioether (sulfide) groups is 1. The van der Waals surface area contributed by atoms with Crippen molar-refractivity contribution in [3.05, 3.63) is 33.8 Å². The standard InChI is InChI=1S/C14H15Cl2NO2S/c1-8(10-3-4-12(15)13(16)5-10)17-7-11(6-14(17)19)20-9(2)18/h3-5,8,11H,6-7H2,1-2H3. The molecule has 3 nitrogen and oxygen atoms in total. The van der Waals surface area contributed by atoms with Crippen molar-refractivity contribution < 1.29 is 9.59 Å². The maximum absolute atomic E-state index is 12.1. The fraction of sp³-hybridized carbons (Fsp3) is 0.429. The fourth-order valence-electron chi connectivity index (χ4n) is 2.34. The van der Waals surface area contributed by atoms with Gasteiger partial charge in [-0.15, -0.1) is 0 Å². The zero-order valence-corrected chi connectivity index (χ0v) is 13.6. The van der Waals surface area contributed by atoms with Gasteiger partial charge in [0.2, 0.25) is 5.91 Å². The Morgan fingerprint density at radius 1 is 1.40 bits per heavy atom. The van der Waals surface area contributed by atoms with Gasteiger partial charge in [-0.05, 0) is 24.6 Å². The monoisotopic (exact) mass is 331 g/mol. The smallest absolute Gasteiger partial charge is 0.224 e. The Morgan fingerprint density at radius 2 is 2.10 bits per heavy atom. The second-order valence-electron chi connectivity index (χ2n) is 4.83. The van der Waals surface area contributed by atoms with Crippen LogP contribution in [0.3, 0.4) is 0 Å². The van der Waals surface area contributed by atoms with Crippen LogP contribution in [0, 0.1) is 0 Å². The third-order valence-electron chi connectivity index (χ3n) is 3.35. The van der Waals surface area contributed by atoms with Crippen molar-refractivity contribution in [1.29, 1.82) is 0 Å². The molecule has 1 heterocycles. The highest BCUT2D eigenvalue weighted by Gasteiger charge is 2.34. The van der Waals surface area contributed by atoms with Crippen molar-refractivity contribution in [2.24, 2.45) is 0 Å². The molecule has 0 bridgehead atoms. The molecule has 0 aromatic heterocycles. The molecular weight excluding hydrogens is 317 g/mol. The van der Waals surface area contributed by atoms with E-state index in [0.29, 0.717) is 23.0 Å². The van der Waals surface area contributed by atoms with Gasteiger partial charge in [0.05, 0.1) is 16.1 Å². The first-order chi connectivity index (χ1) is 9.38. The third kappa shape index (κ3) is 3.48. The molecule has 0 spiro atoms. The summed E-state index contributed by atoms with van der Waals surface area (Å²) in [6.45, 7) is 4.07. The minimum absolute atomic E-state index is 0.0465. The van der Waals surface area contributed by atoms with Crippen LogP contribution in [-0.4, -0.2) is 27.7 Å². The molecule has 1 aliphatic rings. The van der Waals surface area contributed by atoms with Gasteiger partial charge < -0.3 is 4.90 Å². The summed E-state index contributed by atoms with van der Waals surface area (Å²) in [5.41, 5.74) is 0.946. The van der Waals surface area contributed by atoms with Crippen LogP contribution < -0.4 is 0 Å². The molecule has 1 aromatic rings. The van der Waals surface area contributed by atoms with Crippen molar-refractivity contribution >= 4 is 46.0 Å². The summed E-state index contributed by atoms with van der Waals surface area (Å²) < 4.78 is 0. The number of hydrogen-bond acceptors (Lipinski definition) is 3. The normalized spacial score (nSPS) is 20.3. The Balaban J connectivity index is 2.12. The maximum atomic E-state index is 12.1. The Labute approximate surface area is 132 Å². The van der Waals surface area contributed by atoms with Gasteiger partial charge >= 0.3 is 0 Å². The number of nitrogens with zero attached hydrogens (tertiary/aromatic N) is 1. The zero-order valence-electron chi connectivity index (χ0n) is 11.2. The Morgan fingerprint density at radius 3 is 2.70 bits per heavy atom.